The molecule has 1 fully saturated rings. The molecule has 1 aliphatic rings. The van der Waals surface area contributed by atoms with Crippen LogP contribution in [0.15, 0.2) is 36.4 Å². The van der Waals surface area contributed by atoms with Crippen LogP contribution in [0.3, 0.4) is 0 Å². The fourth-order valence-electron chi connectivity index (χ4n) is 3.83. The molecule has 1 unspecified atom stereocenters. The maximum absolute atomic E-state index is 13.7. The predicted molar refractivity (Wildman–Crippen MR) is 128 cm³/mol. The molecule has 0 spiro atoms. The lowest BCUT2D eigenvalue weighted by Gasteiger charge is -2.23. The largest absolute Gasteiger partial charge is 0.494 e. The number of benzene rings is 2. The Bertz CT molecular complexity index is 1070. The Labute approximate surface area is 193 Å². The van der Waals surface area contributed by atoms with Gasteiger partial charge in [0.05, 0.1) is 31.1 Å². The molecule has 0 saturated carbocycles. The average molecular weight is 455 g/mol. The van der Waals surface area contributed by atoms with Crippen LogP contribution in [0.2, 0.25) is 0 Å². The van der Waals surface area contributed by atoms with Gasteiger partial charge < -0.3 is 14.2 Å². The van der Waals surface area contributed by atoms with E-state index in [1.54, 1.807) is 12.0 Å². The first-order valence-electron chi connectivity index (χ1n) is 11.2. The number of hydrogen-bond acceptors (Lipinski definition) is 6. The Kier molecular flexibility index (Phi) is 7.27. The monoisotopic (exact) mass is 454 g/mol. The summed E-state index contributed by atoms with van der Waals surface area (Å²) in [4.78, 5) is 20.3. The number of anilines is 1. The zero-order chi connectivity index (χ0) is 22.5. The summed E-state index contributed by atoms with van der Waals surface area (Å²) in [5.74, 6) is 1.32. The van der Waals surface area contributed by atoms with E-state index in [2.05, 4.69) is 6.92 Å². The maximum atomic E-state index is 13.7. The molecule has 2 heterocycles. The van der Waals surface area contributed by atoms with Crippen LogP contribution in [0.5, 0.6) is 11.5 Å². The lowest BCUT2D eigenvalue weighted by Crippen LogP contribution is -2.37. The molecule has 4 rings (SSSR count). The van der Waals surface area contributed by atoms with E-state index in [4.69, 9.17) is 19.2 Å². The van der Waals surface area contributed by atoms with Crippen LogP contribution >= 0.6 is 11.3 Å². The molecule has 6 nitrogen and oxygen atoms in total. The smallest absolute Gasteiger partial charge is 0.260 e. The lowest BCUT2D eigenvalue weighted by atomic mass is 10.1. The van der Waals surface area contributed by atoms with Crippen LogP contribution in [0, 0.1) is 6.92 Å². The Morgan fingerprint density at radius 1 is 1.31 bits per heavy atom. The van der Waals surface area contributed by atoms with Gasteiger partial charge in [0.1, 0.15) is 17.0 Å². The van der Waals surface area contributed by atoms with Crippen LogP contribution < -0.4 is 14.4 Å². The summed E-state index contributed by atoms with van der Waals surface area (Å²) in [5, 5.41) is 0.658. The summed E-state index contributed by atoms with van der Waals surface area (Å²) in [6.07, 6.45) is 4.01. The van der Waals surface area contributed by atoms with Crippen molar-refractivity contribution in [2.24, 2.45) is 0 Å². The molecule has 1 aromatic heterocycles. The second-order valence-electron chi connectivity index (χ2n) is 8.04. The molecule has 1 saturated heterocycles. The molecule has 1 atom stereocenters. The summed E-state index contributed by atoms with van der Waals surface area (Å²) in [6, 6.07) is 11.3. The number of unbranched alkanes of at least 4 members (excludes halogenated alkanes) is 1. The number of thiazole rings is 1. The minimum atomic E-state index is -0.0999. The van der Waals surface area contributed by atoms with E-state index in [-0.39, 0.29) is 12.0 Å². The number of nitrogens with zero attached hydrogens (tertiary/aromatic N) is 2. The molecular formula is C25H30N2O4S. The van der Waals surface area contributed by atoms with E-state index >= 15 is 0 Å². The van der Waals surface area contributed by atoms with Gasteiger partial charge in [0.15, 0.2) is 5.13 Å². The molecule has 2 aromatic carbocycles. The van der Waals surface area contributed by atoms with Crippen molar-refractivity contribution in [3.05, 3.63) is 47.5 Å². The van der Waals surface area contributed by atoms with Gasteiger partial charge in [-0.25, -0.2) is 4.98 Å². The van der Waals surface area contributed by atoms with E-state index in [0.29, 0.717) is 35.3 Å². The van der Waals surface area contributed by atoms with Crippen LogP contribution in [-0.2, 0) is 4.74 Å². The van der Waals surface area contributed by atoms with Gasteiger partial charge in [-0.05, 0) is 56.0 Å². The van der Waals surface area contributed by atoms with Crippen LogP contribution in [0.4, 0.5) is 5.13 Å². The number of hydrogen-bond donors (Lipinski definition) is 0. The highest BCUT2D eigenvalue weighted by molar-refractivity contribution is 7.22. The third-order valence-corrected chi connectivity index (χ3v) is 6.86. The second-order valence-corrected chi connectivity index (χ2v) is 9.02. The first-order valence-corrected chi connectivity index (χ1v) is 12.0. The van der Waals surface area contributed by atoms with Crippen molar-refractivity contribution < 1.29 is 19.0 Å². The average Bonchev–Trinajstić information content (AvgIpc) is 3.48. The normalized spacial score (nSPS) is 15.8. The van der Waals surface area contributed by atoms with Crippen molar-refractivity contribution in [2.45, 2.75) is 45.6 Å². The van der Waals surface area contributed by atoms with E-state index in [1.165, 1.54) is 11.3 Å². The van der Waals surface area contributed by atoms with Crippen molar-refractivity contribution in [3.63, 3.8) is 0 Å². The van der Waals surface area contributed by atoms with Crippen molar-refractivity contribution in [1.82, 2.24) is 4.98 Å². The SMILES string of the molecule is CCCCOc1cccc(C(=O)N(CC2CCCO2)c2nc3c(OC)ccc(C)c3s2)c1. The Hall–Kier alpha value is -2.64. The highest BCUT2D eigenvalue weighted by Crippen LogP contribution is 2.37. The highest BCUT2D eigenvalue weighted by atomic mass is 32.1. The van der Waals surface area contributed by atoms with Crippen molar-refractivity contribution in [3.8, 4) is 11.5 Å². The van der Waals surface area contributed by atoms with Gasteiger partial charge in [-0.15, -0.1) is 0 Å². The molecule has 0 aliphatic carbocycles. The zero-order valence-corrected chi connectivity index (χ0v) is 19.7. The molecule has 0 radical (unpaired) electrons. The number of amides is 1. The molecule has 7 heteroatoms. The first kappa shape index (κ1) is 22.6. The van der Waals surface area contributed by atoms with Crippen molar-refractivity contribution in [2.75, 3.05) is 31.8 Å². The number of carbonyl (C=O) groups excluding carboxylic acids is 1. The fraction of sp³-hybridized carbons (Fsp3) is 0.440. The lowest BCUT2D eigenvalue weighted by molar-refractivity contribution is 0.0917. The fourth-order valence-corrected chi connectivity index (χ4v) is 4.89. The van der Waals surface area contributed by atoms with Crippen LogP contribution in [-0.4, -0.2) is 43.9 Å². The predicted octanol–water partition coefficient (Wildman–Crippen LogP) is 5.62. The molecule has 0 bridgehead atoms. The first-order chi connectivity index (χ1) is 15.6. The second kappa shape index (κ2) is 10.3. The van der Waals surface area contributed by atoms with Crippen LogP contribution in [0.1, 0.15) is 48.5 Å². The molecular weight excluding hydrogens is 424 g/mol. The van der Waals surface area contributed by atoms with E-state index in [0.717, 1.165) is 48.1 Å². The maximum Gasteiger partial charge on any atom is 0.260 e. The summed E-state index contributed by atoms with van der Waals surface area (Å²) >= 11 is 1.52. The summed E-state index contributed by atoms with van der Waals surface area (Å²) in [7, 11) is 1.64. The number of methoxy groups -OCH3 is 1. The number of carbonyl (C=O) groups is 1. The third kappa shape index (κ3) is 4.89. The van der Waals surface area contributed by atoms with Gasteiger partial charge in [0.25, 0.3) is 5.91 Å². The number of aromatic nitrogens is 1. The Morgan fingerprint density at radius 2 is 2.19 bits per heavy atom. The van der Waals surface area contributed by atoms with Crippen LogP contribution in [0.25, 0.3) is 10.2 Å². The standard InChI is InChI=1S/C25H30N2O4S/c1-4-5-13-30-19-9-6-8-18(15-19)24(28)27(16-20-10-7-14-31-20)25-26-22-21(29-3)12-11-17(2)23(22)32-25/h6,8-9,11-12,15,20H,4-5,7,10,13-14,16H2,1-3H3. The zero-order valence-electron chi connectivity index (χ0n) is 18.9. The minimum absolute atomic E-state index is 0.0120. The molecule has 3 aromatic rings. The van der Waals surface area contributed by atoms with Crippen molar-refractivity contribution >= 4 is 32.6 Å². The number of aryl methyl sites for hydroxylation is 1. The van der Waals surface area contributed by atoms with Gasteiger partial charge in [0.2, 0.25) is 0 Å². The van der Waals surface area contributed by atoms with E-state index < -0.39 is 0 Å². The quantitative estimate of drug-likeness (QED) is 0.393. The van der Waals surface area contributed by atoms with Gasteiger partial charge >= 0.3 is 0 Å². The molecule has 170 valence electrons. The van der Waals surface area contributed by atoms with E-state index in [9.17, 15) is 4.79 Å². The summed E-state index contributed by atoms with van der Waals surface area (Å²) in [5.41, 5.74) is 2.48. The molecule has 1 amide bonds. The van der Waals surface area contributed by atoms with Gasteiger partial charge in [-0.2, -0.15) is 0 Å². The Balaban J connectivity index is 1.68. The van der Waals surface area contributed by atoms with Gasteiger partial charge in [-0.3, -0.25) is 9.69 Å². The topological polar surface area (TPSA) is 60.9 Å². The van der Waals surface area contributed by atoms with E-state index in [1.807, 2.05) is 43.3 Å². The number of rotatable bonds is 9. The van der Waals surface area contributed by atoms with Crippen molar-refractivity contribution in [1.29, 1.82) is 0 Å². The molecule has 0 N–H and O–H groups in total. The minimum Gasteiger partial charge on any atom is -0.494 e. The van der Waals surface area contributed by atoms with Gasteiger partial charge in [0, 0.05) is 12.2 Å². The number of ether oxygens (including phenoxy) is 3. The summed E-state index contributed by atoms with van der Waals surface area (Å²) in [6.45, 7) is 6.03. The summed E-state index contributed by atoms with van der Waals surface area (Å²) < 4.78 is 18.2. The third-order valence-electron chi connectivity index (χ3n) is 5.65. The Morgan fingerprint density at radius 3 is 2.94 bits per heavy atom. The molecule has 1 aliphatic heterocycles. The highest BCUT2D eigenvalue weighted by Gasteiger charge is 2.28. The molecule has 32 heavy (non-hydrogen) atoms. The van der Waals surface area contributed by atoms with Gasteiger partial charge in [-0.1, -0.05) is 36.8 Å². The number of fused-ring (bicyclic) bond motifs is 1.